The molecule has 2 aliphatic rings. The highest BCUT2D eigenvalue weighted by atomic mass is 32.2. The predicted molar refractivity (Wildman–Crippen MR) is 45.4 cm³/mol. The molecule has 0 radical (unpaired) electrons. The summed E-state index contributed by atoms with van der Waals surface area (Å²) >= 11 is 2.07. The second-order valence-corrected chi connectivity index (χ2v) is 3.60. The Morgan fingerprint density at radius 3 is 2.20 bits per heavy atom. The fraction of sp³-hybridized carbons (Fsp3) is 1.00. The quantitative estimate of drug-likeness (QED) is 0.574. The Morgan fingerprint density at radius 2 is 2.00 bits per heavy atom. The lowest BCUT2D eigenvalue weighted by Gasteiger charge is -1.76. The van der Waals surface area contributed by atoms with Crippen LogP contribution in [0.1, 0.15) is 12.8 Å². The second-order valence-electron chi connectivity index (χ2n) is 2.37. The van der Waals surface area contributed by atoms with Crippen molar-refractivity contribution >= 4 is 11.8 Å². The lowest BCUT2D eigenvalue weighted by atomic mass is 10.4. The van der Waals surface area contributed by atoms with E-state index in [1.165, 1.54) is 24.3 Å². The predicted octanol–water partition coefficient (Wildman–Crippen LogP) is 1.08. The topological polar surface area (TPSA) is 21.3 Å². The van der Waals surface area contributed by atoms with Gasteiger partial charge in [-0.1, -0.05) is 0 Å². The Hall–Kier alpha value is 0.270. The molecule has 0 aromatic heterocycles. The van der Waals surface area contributed by atoms with E-state index in [1.807, 2.05) is 0 Å². The summed E-state index contributed by atoms with van der Waals surface area (Å²) in [5, 5.41) is 3.00. The van der Waals surface area contributed by atoms with Gasteiger partial charge in [-0.2, -0.15) is 11.8 Å². The van der Waals surface area contributed by atoms with E-state index < -0.39 is 0 Å². The molecule has 0 atom stereocenters. The van der Waals surface area contributed by atoms with Crippen molar-refractivity contribution in [2.24, 2.45) is 0 Å². The Morgan fingerprint density at radius 1 is 1.20 bits per heavy atom. The van der Waals surface area contributed by atoms with Gasteiger partial charge in [0, 0.05) is 6.54 Å². The first-order valence-electron chi connectivity index (χ1n) is 3.86. The van der Waals surface area contributed by atoms with Crippen LogP contribution in [0.25, 0.3) is 0 Å². The zero-order chi connectivity index (χ0) is 7.07. The zero-order valence-electron chi connectivity index (χ0n) is 6.27. The van der Waals surface area contributed by atoms with E-state index in [-0.39, 0.29) is 0 Å². The van der Waals surface area contributed by atoms with E-state index in [9.17, 15) is 0 Å². The summed E-state index contributed by atoms with van der Waals surface area (Å²) < 4.78 is 4.83. The van der Waals surface area contributed by atoms with Crippen molar-refractivity contribution in [2.45, 2.75) is 12.8 Å². The van der Waals surface area contributed by atoms with Crippen LogP contribution >= 0.6 is 11.8 Å². The molecule has 2 aliphatic heterocycles. The molecular weight excluding hydrogens is 146 g/mol. The number of nitrogens with one attached hydrogen (secondary N) is 1. The highest BCUT2D eigenvalue weighted by molar-refractivity contribution is 7.99. The first-order chi connectivity index (χ1) is 5.00. The van der Waals surface area contributed by atoms with Gasteiger partial charge in [0.05, 0.1) is 13.3 Å². The maximum absolute atomic E-state index is 4.83. The van der Waals surface area contributed by atoms with Gasteiger partial charge in [-0.15, -0.1) is 0 Å². The lowest BCUT2D eigenvalue weighted by Crippen LogP contribution is -2.05. The molecule has 2 saturated heterocycles. The summed E-state index contributed by atoms with van der Waals surface area (Å²) in [6, 6.07) is 0. The Kier molecular flexibility index (Phi) is 5.03. The SMILES string of the molecule is C1CCSC1.C1COCN1. The summed E-state index contributed by atoms with van der Waals surface area (Å²) in [6.07, 6.45) is 2.93. The largest absolute Gasteiger partial charge is 0.365 e. The first kappa shape index (κ1) is 8.37. The molecule has 3 heteroatoms. The molecular formula is C7H15NOS. The van der Waals surface area contributed by atoms with E-state index in [4.69, 9.17) is 4.74 Å². The third-order valence-corrected chi connectivity index (χ3v) is 2.61. The van der Waals surface area contributed by atoms with Crippen LogP contribution in [0.4, 0.5) is 0 Å². The van der Waals surface area contributed by atoms with Crippen LogP contribution in [0.5, 0.6) is 0 Å². The second kappa shape index (κ2) is 6.01. The molecule has 60 valence electrons. The van der Waals surface area contributed by atoms with Gasteiger partial charge in [-0.05, 0) is 24.3 Å². The highest BCUT2D eigenvalue weighted by Crippen LogP contribution is 2.14. The third kappa shape index (κ3) is 4.14. The molecule has 0 amide bonds. The van der Waals surface area contributed by atoms with E-state index in [2.05, 4.69) is 17.1 Å². The van der Waals surface area contributed by atoms with Crippen LogP contribution in [0.3, 0.4) is 0 Å². The normalized spacial score (nSPS) is 24.0. The summed E-state index contributed by atoms with van der Waals surface area (Å²) in [5.41, 5.74) is 0. The van der Waals surface area contributed by atoms with Crippen molar-refractivity contribution in [3.05, 3.63) is 0 Å². The van der Waals surface area contributed by atoms with Crippen molar-refractivity contribution < 1.29 is 4.74 Å². The van der Waals surface area contributed by atoms with Gasteiger partial charge in [-0.3, -0.25) is 5.32 Å². The highest BCUT2D eigenvalue weighted by Gasteiger charge is 1.95. The number of hydrogen-bond acceptors (Lipinski definition) is 3. The molecule has 2 heterocycles. The Balaban J connectivity index is 0.0000001000. The van der Waals surface area contributed by atoms with Gasteiger partial charge >= 0.3 is 0 Å². The first-order valence-corrected chi connectivity index (χ1v) is 5.02. The summed E-state index contributed by atoms with van der Waals surface area (Å²) in [4.78, 5) is 0. The fourth-order valence-electron chi connectivity index (χ4n) is 0.871. The van der Waals surface area contributed by atoms with Gasteiger partial charge in [0.1, 0.15) is 0 Å². The van der Waals surface area contributed by atoms with E-state index >= 15 is 0 Å². The Bertz CT molecular complexity index is 46.8. The minimum atomic E-state index is 0.750. The molecule has 2 fully saturated rings. The average molecular weight is 161 g/mol. The molecule has 0 aromatic carbocycles. The molecule has 0 spiro atoms. The van der Waals surface area contributed by atoms with Gasteiger partial charge in [0.2, 0.25) is 0 Å². The van der Waals surface area contributed by atoms with Crippen molar-refractivity contribution in [1.82, 2.24) is 5.32 Å². The van der Waals surface area contributed by atoms with Gasteiger partial charge in [-0.25, -0.2) is 0 Å². The maximum atomic E-state index is 4.83. The molecule has 0 aromatic rings. The molecule has 1 N–H and O–H groups in total. The van der Waals surface area contributed by atoms with E-state index in [0.29, 0.717) is 0 Å². The van der Waals surface area contributed by atoms with Crippen LogP contribution in [0, 0.1) is 0 Å². The molecule has 0 bridgehead atoms. The standard InChI is InChI=1S/C4H8S.C3H7NO/c1-2-4-5-3-1;1-2-5-3-4-1/h1-4H2;4H,1-3H2. The summed E-state index contributed by atoms with van der Waals surface area (Å²) in [7, 11) is 0. The van der Waals surface area contributed by atoms with Crippen LogP contribution in [0.2, 0.25) is 0 Å². The Labute approximate surface area is 66.7 Å². The number of thioether (sulfide) groups is 1. The van der Waals surface area contributed by atoms with Gasteiger partial charge in [0.25, 0.3) is 0 Å². The monoisotopic (exact) mass is 161 g/mol. The fourth-order valence-corrected chi connectivity index (χ4v) is 1.89. The van der Waals surface area contributed by atoms with Crippen LogP contribution in [-0.2, 0) is 4.74 Å². The summed E-state index contributed by atoms with van der Waals surface area (Å²) in [5.74, 6) is 2.83. The summed E-state index contributed by atoms with van der Waals surface area (Å²) in [6.45, 7) is 2.67. The number of ether oxygens (including phenoxy) is 1. The van der Waals surface area contributed by atoms with Crippen molar-refractivity contribution in [1.29, 1.82) is 0 Å². The zero-order valence-corrected chi connectivity index (χ0v) is 7.08. The molecule has 0 saturated carbocycles. The minimum Gasteiger partial charge on any atom is -0.365 e. The lowest BCUT2D eigenvalue weighted by molar-refractivity contribution is 0.194. The molecule has 2 rings (SSSR count). The average Bonchev–Trinajstić information content (AvgIpc) is 2.67. The van der Waals surface area contributed by atoms with Gasteiger partial charge < -0.3 is 4.74 Å². The van der Waals surface area contributed by atoms with Crippen molar-refractivity contribution in [2.75, 3.05) is 31.4 Å². The van der Waals surface area contributed by atoms with Crippen LogP contribution in [-0.4, -0.2) is 31.4 Å². The van der Waals surface area contributed by atoms with Crippen molar-refractivity contribution in [3.63, 3.8) is 0 Å². The van der Waals surface area contributed by atoms with Crippen LogP contribution < -0.4 is 5.32 Å². The molecule has 10 heavy (non-hydrogen) atoms. The van der Waals surface area contributed by atoms with Crippen molar-refractivity contribution in [3.8, 4) is 0 Å². The third-order valence-electron chi connectivity index (χ3n) is 1.45. The minimum absolute atomic E-state index is 0.750. The number of rotatable bonds is 0. The molecule has 0 unspecified atom stereocenters. The molecule has 2 nitrogen and oxygen atoms in total. The smallest absolute Gasteiger partial charge is 0.0966 e. The maximum Gasteiger partial charge on any atom is 0.0966 e. The van der Waals surface area contributed by atoms with Gasteiger partial charge in [0.15, 0.2) is 0 Å². The van der Waals surface area contributed by atoms with E-state index in [0.717, 1.165) is 19.9 Å². The molecule has 0 aliphatic carbocycles. The number of hydrogen-bond donors (Lipinski definition) is 1. The van der Waals surface area contributed by atoms with Crippen LogP contribution in [0.15, 0.2) is 0 Å². The van der Waals surface area contributed by atoms with E-state index in [1.54, 1.807) is 0 Å².